The zero-order valence-corrected chi connectivity index (χ0v) is 4.87. The van der Waals surface area contributed by atoms with Gasteiger partial charge in [-0.05, 0) is 21.8 Å². The van der Waals surface area contributed by atoms with Gasteiger partial charge in [-0.25, -0.2) is 0 Å². The molecule has 0 aliphatic carbocycles. The molecule has 0 unspecified atom stereocenters. The molecule has 0 aromatic heterocycles. The summed E-state index contributed by atoms with van der Waals surface area (Å²) in [7, 11) is 0. The van der Waals surface area contributed by atoms with E-state index >= 15 is 0 Å². The summed E-state index contributed by atoms with van der Waals surface area (Å²) in [6.07, 6.45) is 1.00. The first-order valence-corrected chi connectivity index (χ1v) is 2.37. The fourth-order valence-corrected chi connectivity index (χ4v) is 0.487. The molecule has 1 aliphatic heterocycles. The van der Waals surface area contributed by atoms with Gasteiger partial charge in [0.25, 0.3) is 0 Å². The number of rotatable bonds is 1. The van der Waals surface area contributed by atoms with Gasteiger partial charge in [0.2, 0.25) is 0 Å². The van der Waals surface area contributed by atoms with Crippen molar-refractivity contribution in [2.75, 3.05) is 0 Å². The van der Waals surface area contributed by atoms with Gasteiger partial charge in [-0.1, -0.05) is 0 Å². The van der Waals surface area contributed by atoms with Crippen molar-refractivity contribution in [2.45, 2.75) is 0 Å². The molecule has 9 heavy (non-hydrogen) atoms. The van der Waals surface area contributed by atoms with E-state index in [9.17, 15) is 10.1 Å². The van der Waals surface area contributed by atoms with Crippen molar-refractivity contribution >= 4 is 16.9 Å². The Hall–Kier alpha value is -1.10. The van der Waals surface area contributed by atoms with Crippen LogP contribution in [0.25, 0.3) is 0 Å². The van der Waals surface area contributed by atoms with E-state index in [1.807, 2.05) is 0 Å². The Kier molecular flexibility index (Phi) is 1.35. The highest BCUT2D eigenvalue weighted by atomic mass is 35.5. The second-order valence-corrected chi connectivity index (χ2v) is 1.59. The van der Waals surface area contributed by atoms with Crippen molar-refractivity contribution in [3.63, 3.8) is 0 Å². The standard InChI is InChI=1S/C3HClN3O2/c4-3-5-1-2(6-3)7(8)9/h1H. The van der Waals surface area contributed by atoms with Crippen LogP contribution in [0.3, 0.4) is 0 Å². The Labute approximate surface area is 55.2 Å². The number of halogens is 1. The number of nitrogens with zero attached hydrogens (tertiary/aromatic N) is 3. The van der Waals surface area contributed by atoms with Crippen LogP contribution in [0.15, 0.2) is 17.0 Å². The lowest BCUT2D eigenvalue weighted by Crippen LogP contribution is -2.10. The SMILES string of the molecule is O=[N+]([O-])C1=CN=C(Cl)[N]1. The molecule has 0 saturated heterocycles. The molecule has 6 heteroatoms. The minimum Gasteiger partial charge on any atom is -0.358 e. The maximum absolute atomic E-state index is 9.86. The van der Waals surface area contributed by atoms with E-state index in [1.54, 1.807) is 0 Å². The third-order valence-electron chi connectivity index (χ3n) is 0.680. The van der Waals surface area contributed by atoms with Crippen molar-refractivity contribution in [3.05, 3.63) is 22.1 Å². The van der Waals surface area contributed by atoms with E-state index < -0.39 is 4.92 Å². The second kappa shape index (κ2) is 2.02. The molecule has 0 atom stereocenters. The molecule has 1 rings (SSSR count). The molecule has 0 spiro atoms. The molecule has 0 saturated carbocycles. The van der Waals surface area contributed by atoms with E-state index in [-0.39, 0.29) is 11.1 Å². The van der Waals surface area contributed by atoms with Gasteiger partial charge >= 0.3 is 11.1 Å². The normalized spacial score (nSPS) is 16.1. The van der Waals surface area contributed by atoms with Gasteiger partial charge in [0.1, 0.15) is 6.20 Å². The topological polar surface area (TPSA) is 69.6 Å². The number of amidine groups is 1. The Balaban J connectivity index is 2.64. The zero-order chi connectivity index (χ0) is 6.85. The second-order valence-electron chi connectivity index (χ2n) is 1.25. The van der Waals surface area contributed by atoms with Crippen LogP contribution in [0.2, 0.25) is 0 Å². The minimum absolute atomic E-state index is 0.0956. The largest absolute Gasteiger partial charge is 0.385 e. The number of aliphatic imine (C=N–C) groups is 1. The Morgan fingerprint density at radius 1 is 1.78 bits per heavy atom. The van der Waals surface area contributed by atoms with Gasteiger partial charge in [0, 0.05) is 0 Å². The predicted molar refractivity (Wildman–Crippen MR) is 30.5 cm³/mol. The van der Waals surface area contributed by atoms with Crippen LogP contribution in [0.4, 0.5) is 0 Å². The predicted octanol–water partition coefficient (Wildman–Crippen LogP) is 0.275. The van der Waals surface area contributed by atoms with Crippen LogP contribution >= 0.6 is 11.6 Å². The summed E-state index contributed by atoms with van der Waals surface area (Å²) >= 11 is 5.18. The summed E-state index contributed by atoms with van der Waals surface area (Å²) in [5.41, 5.74) is 0. The highest BCUT2D eigenvalue weighted by Gasteiger charge is 2.22. The average molecular weight is 147 g/mol. The number of nitro groups is 1. The fourth-order valence-electron chi connectivity index (χ4n) is 0.351. The highest BCUT2D eigenvalue weighted by molar-refractivity contribution is 6.65. The first kappa shape index (κ1) is 6.03. The maximum Gasteiger partial charge on any atom is 0.385 e. The van der Waals surface area contributed by atoms with Crippen molar-refractivity contribution in [1.82, 2.24) is 5.32 Å². The van der Waals surface area contributed by atoms with Crippen LogP contribution in [0, 0.1) is 10.1 Å². The Bertz CT molecular complexity index is 209. The summed E-state index contributed by atoms with van der Waals surface area (Å²) in [5.74, 6) is -0.319. The summed E-state index contributed by atoms with van der Waals surface area (Å²) in [6.45, 7) is 0. The summed E-state index contributed by atoms with van der Waals surface area (Å²) in [4.78, 5) is 12.6. The van der Waals surface area contributed by atoms with E-state index in [4.69, 9.17) is 11.6 Å². The first-order valence-electron chi connectivity index (χ1n) is 2.00. The van der Waals surface area contributed by atoms with E-state index in [2.05, 4.69) is 10.3 Å². The molecule has 5 nitrogen and oxygen atoms in total. The lowest BCUT2D eigenvalue weighted by Gasteiger charge is -1.86. The fraction of sp³-hybridized carbons (Fsp3) is 0. The monoisotopic (exact) mass is 146 g/mol. The van der Waals surface area contributed by atoms with E-state index in [0.717, 1.165) is 6.20 Å². The van der Waals surface area contributed by atoms with Crippen LogP contribution in [0.1, 0.15) is 0 Å². The van der Waals surface area contributed by atoms with E-state index in [1.165, 1.54) is 0 Å². The van der Waals surface area contributed by atoms with Gasteiger partial charge in [-0.15, -0.1) is 0 Å². The molecule has 0 fully saturated rings. The van der Waals surface area contributed by atoms with Gasteiger partial charge in [0.15, 0.2) is 0 Å². The van der Waals surface area contributed by atoms with Gasteiger partial charge < -0.3 is 10.1 Å². The molecule has 1 heterocycles. The maximum atomic E-state index is 9.86. The van der Waals surface area contributed by atoms with E-state index in [0.29, 0.717) is 0 Å². The summed E-state index contributed by atoms with van der Waals surface area (Å²) < 4.78 is 0. The third-order valence-corrected chi connectivity index (χ3v) is 0.863. The molecule has 47 valence electrons. The smallest absolute Gasteiger partial charge is 0.358 e. The molecule has 0 amide bonds. The summed E-state index contributed by atoms with van der Waals surface area (Å²) in [5, 5.41) is 13.0. The van der Waals surface area contributed by atoms with Crippen LogP contribution < -0.4 is 5.32 Å². The van der Waals surface area contributed by atoms with Crippen LogP contribution in [0.5, 0.6) is 0 Å². The highest BCUT2D eigenvalue weighted by Crippen LogP contribution is 2.03. The van der Waals surface area contributed by atoms with Gasteiger partial charge in [-0.3, -0.25) is 0 Å². The Morgan fingerprint density at radius 2 is 2.44 bits per heavy atom. The molecular formula is C3HClN3O2. The average Bonchev–Trinajstić information content (AvgIpc) is 2.14. The molecule has 0 aromatic carbocycles. The van der Waals surface area contributed by atoms with Crippen LogP contribution in [-0.2, 0) is 0 Å². The van der Waals surface area contributed by atoms with Crippen molar-refractivity contribution in [2.24, 2.45) is 4.99 Å². The molecule has 0 bridgehead atoms. The Morgan fingerprint density at radius 3 is 2.67 bits per heavy atom. The van der Waals surface area contributed by atoms with Gasteiger partial charge in [0.05, 0.1) is 0 Å². The number of hydrogen-bond acceptors (Lipinski definition) is 3. The van der Waals surface area contributed by atoms with Crippen LogP contribution in [-0.4, -0.2) is 10.2 Å². The molecule has 1 aliphatic rings. The molecule has 0 N–H and O–H groups in total. The first-order chi connectivity index (χ1) is 4.20. The molecule has 1 radical (unpaired) electrons. The van der Waals surface area contributed by atoms with Crippen molar-refractivity contribution in [3.8, 4) is 0 Å². The minimum atomic E-state index is -0.654. The quantitative estimate of drug-likeness (QED) is 0.303. The lowest BCUT2D eigenvalue weighted by atomic mass is 10.8. The molecular weight excluding hydrogens is 146 g/mol. The number of hydrogen-bond donors (Lipinski definition) is 0. The molecule has 0 aromatic rings. The van der Waals surface area contributed by atoms with Crippen molar-refractivity contribution in [1.29, 1.82) is 0 Å². The summed E-state index contributed by atoms with van der Waals surface area (Å²) in [6, 6.07) is 0. The van der Waals surface area contributed by atoms with Gasteiger partial charge in [-0.2, -0.15) is 4.99 Å². The van der Waals surface area contributed by atoms with Crippen molar-refractivity contribution < 1.29 is 4.92 Å². The lowest BCUT2D eigenvalue weighted by molar-refractivity contribution is -0.429. The zero-order valence-electron chi connectivity index (χ0n) is 4.11. The third kappa shape index (κ3) is 1.17.